The number of fused-ring (bicyclic) bond motifs is 1. The van der Waals surface area contributed by atoms with Crippen LogP contribution in [0.25, 0.3) is 16.8 Å². The fraction of sp³-hybridized carbons (Fsp3) is 0.0400. The van der Waals surface area contributed by atoms with Gasteiger partial charge in [0, 0.05) is 11.6 Å². The minimum Gasteiger partial charge on any atom is -0.282 e. The molecule has 1 heterocycles. The van der Waals surface area contributed by atoms with Crippen molar-refractivity contribution in [3.05, 3.63) is 120 Å². The molecule has 0 aliphatic heterocycles. The van der Waals surface area contributed by atoms with E-state index >= 15 is 0 Å². The molecular formula is C25H20NO+. The second-order valence-electron chi connectivity index (χ2n) is 6.47. The minimum absolute atomic E-state index is 0.00610. The third kappa shape index (κ3) is 3.85. The predicted molar refractivity (Wildman–Crippen MR) is 109 cm³/mol. The van der Waals surface area contributed by atoms with E-state index in [1.165, 1.54) is 5.56 Å². The molecule has 0 aliphatic carbocycles. The Labute approximate surface area is 159 Å². The molecule has 27 heavy (non-hydrogen) atoms. The molecule has 0 fully saturated rings. The van der Waals surface area contributed by atoms with E-state index in [1.54, 1.807) is 6.08 Å². The van der Waals surface area contributed by atoms with Gasteiger partial charge in [0.25, 0.3) is 5.69 Å². The number of benzene rings is 3. The lowest BCUT2D eigenvalue weighted by Gasteiger charge is -2.06. The highest BCUT2D eigenvalue weighted by molar-refractivity contribution is 6.12. The van der Waals surface area contributed by atoms with E-state index < -0.39 is 0 Å². The summed E-state index contributed by atoms with van der Waals surface area (Å²) in [6, 6.07) is 30.2. The lowest BCUT2D eigenvalue weighted by atomic mass is 10.0. The second kappa shape index (κ2) is 7.79. The fourth-order valence-electron chi connectivity index (χ4n) is 3.26. The number of nitrogens with zero attached hydrogens (tertiary/aromatic N) is 1. The predicted octanol–water partition coefficient (Wildman–Crippen LogP) is 5.07. The van der Waals surface area contributed by atoms with Crippen molar-refractivity contribution in [3.63, 3.8) is 0 Å². The summed E-state index contributed by atoms with van der Waals surface area (Å²) < 4.78 is 2.04. The van der Waals surface area contributed by atoms with Crippen LogP contribution in [0.4, 0.5) is 0 Å². The van der Waals surface area contributed by atoms with Gasteiger partial charge in [-0.2, -0.15) is 4.57 Å². The summed E-state index contributed by atoms with van der Waals surface area (Å²) >= 11 is 0. The van der Waals surface area contributed by atoms with Crippen molar-refractivity contribution in [1.82, 2.24) is 0 Å². The smallest absolute Gasteiger partial charge is 0.261 e. The number of ketones is 1. The summed E-state index contributed by atoms with van der Waals surface area (Å²) in [6.45, 7) is 0.659. The van der Waals surface area contributed by atoms with Crippen LogP contribution in [0.3, 0.4) is 0 Å². The summed E-state index contributed by atoms with van der Waals surface area (Å²) in [5.74, 6) is 0.00610. The summed E-state index contributed by atoms with van der Waals surface area (Å²) in [5, 5.41) is 2.04. The summed E-state index contributed by atoms with van der Waals surface area (Å²) in [5.41, 5.74) is 2.89. The Morgan fingerprint density at radius 3 is 2.22 bits per heavy atom. The first-order valence-corrected chi connectivity index (χ1v) is 9.04. The van der Waals surface area contributed by atoms with Gasteiger partial charge in [-0.1, -0.05) is 84.9 Å². The highest BCUT2D eigenvalue weighted by atomic mass is 16.1. The van der Waals surface area contributed by atoms with Crippen LogP contribution in [-0.4, -0.2) is 5.78 Å². The van der Waals surface area contributed by atoms with Crippen molar-refractivity contribution in [2.45, 2.75) is 6.54 Å². The molecule has 0 unspecified atom stereocenters. The molecule has 4 rings (SSSR count). The maximum absolute atomic E-state index is 13.1. The molecule has 0 radical (unpaired) electrons. The van der Waals surface area contributed by atoms with Gasteiger partial charge in [0.1, 0.15) is 0 Å². The second-order valence-corrected chi connectivity index (χ2v) is 6.47. The van der Waals surface area contributed by atoms with Crippen molar-refractivity contribution in [3.8, 4) is 0 Å². The summed E-state index contributed by atoms with van der Waals surface area (Å²) in [4.78, 5) is 13.1. The zero-order chi connectivity index (χ0) is 18.5. The number of allylic oxidation sites excluding steroid dienone is 1. The van der Waals surface area contributed by atoms with E-state index in [2.05, 4.69) is 18.2 Å². The lowest BCUT2D eigenvalue weighted by molar-refractivity contribution is -0.688. The van der Waals surface area contributed by atoms with Gasteiger partial charge in [-0.3, -0.25) is 4.79 Å². The Kier molecular flexibility index (Phi) is 4.88. The number of hydrogen-bond acceptors (Lipinski definition) is 1. The van der Waals surface area contributed by atoms with E-state index in [9.17, 15) is 4.79 Å². The largest absolute Gasteiger partial charge is 0.282 e. The highest BCUT2D eigenvalue weighted by Crippen LogP contribution is 2.17. The van der Waals surface area contributed by atoms with Crippen molar-refractivity contribution in [2.75, 3.05) is 0 Å². The number of aromatic nitrogens is 1. The van der Waals surface area contributed by atoms with E-state index in [1.807, 2.05) is 89.6 Å². The molecule has 2 heteroatoms. The Morgan fingerprint density at radius 2 is 1.44 bits per heavy atom. The standard InChI is InChI=1S/C25H20NO/c27-24(16-15-20-9-3-1-4-10-20)25-23-14-8-7-13-22(23)17-18-26(25)19-21-11-5-2-6-12-21/h1-18H,19H2/q+1. The molecule has 3 aromatic carbocycles. The zero-order valence-electron chi connectivity index (χ0n) is 15.0. The number of rotatable bonds is 5. The number of carbonyl (C=O) groups excluding carboxylic acids is 1. The first-order valence-electron chi connectivity index (χ1n) is 9.04. The number of hydrogen-bond donors (Lipinski definition) is 0. The maximum atomic E-state index is 13.1. The Morgan fingerprint density at radius 1 is 0.778 bits per heavy atom. The van der Waals surface area contributed by atoms with Crippen LogP contribution >= 0.6 is 0 Å². The molecule has 0 N–H and O–H groups in total. The Bertz CT molecular complexity index is 1100. The molecular weight excluding hydrogens is 330 g/mol. The SMILES string of the molecule is O=C(C=Cc1ccccc1)c1c2ccccc2cc[n+]1Cc1ccccc1. The van der Waals surface area contributed by atoms with Crippen molar-refractivity contribution in [1.29, 1.82) is 0 Å². The highest BCUT2D eigenvalue weighted by Gasteiger charge is 2.21. The van der Waals surface area contributed by atoms with Gasteiger partial charge < -0.3 is 0 Å². The third-order valence-electron chi connectivity index (χ3n) is 4.59. The average molecular weight is 350 g/mol. The monoisotopic (exact) mass is 350 g/mol. The maximum Gasteiger partial charge on any atom is 0.261 e. The first kappa shape index (κ1) is 16.9. The summed E-state index contributed by atoms with van der Waals surface area (Å²) in [6.07, 6.45) is 5.54. The molecule has 4 aromatic rings. The van der Waals surface area contributed by atoms with Gasteiger partial charge in [-0.25, -0.2) is 0 Å². The minimum atomic E-state index is 0.00610. The van der Waals surface area contributed by atoms with Crippen molar-refractivity contribution >= 4 is 22.6 Å². The quantitative estimate of drug-likeness (QED) is 0.280. The van der Waals surface area contributed by atoms with Crippen LogP contribution in [0.2, 0.25) is 0 Å². The van der Waals surface area contributed by atoms with Crippen molar-refractivity contribution in [2.24, 2.45) is 0 Å². The Hall–Kier alpha value is -3.52. The average Bonchev–Trinajstić information content (AvgIpc) is 2.73. The molecule has 0 saturated carbocycles. The van der Waals surface area contributed by atoms with Crippen LogP contribution in [-0.2, 0) is 6.54 Å². The normalized spacial score (nSPS) is 11.1. The molecule has 130 valence electrons. The third-order valence-corrected chi connectivity index (χ3v) is 4.59. The van der Waals surface area contributed by atoms with Crippen LogP contribution in [0, 0.1) is 0 Å². The van der Waals surface area contributed by atoms with Crippen LogP contribution < -0.4 is 4.57 Å². The summed E-state index contributed by atoms with van der Waals surface area (Å²) in [7, 11) is 0. The molecule has 0 atom stereocenters. The van der Waals surface area contributed by atoms with Gasteiger partial charge in [0.05, 0.1) is 5.39 Å². The Balaban J connectivity index is 1.77. The van der Waals surface area contributed by atoms with Gasteiger partial charge in [0.2, 0.25) is 5.78 Å². The van der Waals surface area contributed by atoms with Crippen LogP contribution in [0.15, 0.2) is 103 Å². The molecule has 0 bridgehead atoms. The van der Waals surface area contributed by atoms with E-state index in [0.717, 1.165) is 16.3 Å². The van der Waals surface area contributed by atoms with E-state index in [0.29, 0.717) is 12.2 Å². The van der Waals surface area contributed by atoms with E-state index in [-0.39, 0.29) is 5.78 Å². The molecule has 0 aliphatic rings. The van der Waals surface area contributed by atoms with Crippen LogP contribution in [0.1, 0.15) is 21.6 Å². The van der Waals surface area contributed by atoms with Gasteiger partial charge in [-0.05, 0) is 23.1 Å². The van der Waals surface area contributed by atoms with Gasteiger partial charge in [0.15, 0.2) is 12.7 Å². The molecule has 0 amide bonds. The molecule has 1 aromatic heterocycles. The topological polar surface area (TPSA) is 20.9 Å². The molecule has 0 saturated heterocycles. The number of pyridine rings is 1. The van der Waals surface area contributed by atoms with Gasteiger partial charge in [-0.15, -0.1) is 0 Å². The zero-order valence-corrected chi connectivity index (χ0v) is 15.0. The fourth-order valence-corrected chi connectivity index (χ4v) is 3.26. The van der Waals surface area contributed by atoms with Crippen LogP contribution in [0.5, 0.6) is 0 Å². The van der Waals surface area contributed by atoms with Gasteiger partial charge >= 0.3 is 0 Å². The number of carbonyl (C=O) groups is 1. The van der Waals surface area contributed by atoms with Crippen molar-refractivity contribution < 1.29 is 9.36 Å². The molecule has 2 nitrogen and oxygen atoms in total. The van der Waals surface area contributed by atoms with E-state index in [4.69, 9.17) is 0 Å². The lowest BCUT2D eigenvalue weighted by Crippen LogP contribution is -2.40. The first-order chi connectivity index (χ1) is 13.3. The molecule has 0 spiro atoms.